The first kappa shape index (κ1) is 22.8. The Morgan fingerprint density at radius 1 is 0.833 bits per heavy atom. The number of nitrogens with two attached hydrogens (primary N) is 1. The molecule has 1 aliphatic carbocycles. The van der Waals surface area contributed by atoms with E-state index in [0.29, 0.717) is 6.04 Å². The lowest BCUT2D eigenvalue weighted by atomic mass is 10.1. The van der Waals surface area contributed by atoms with Crippen molar-refractivity contribution in [3.63, 3.8) is 0 Å². The quantitative estimate of drug-likeness (QED) is 0.681. The highest BCUT2D eigenvalue weighted by atomic mass is 31.0. The first-order chi connectivity index (χ1) is 8.86. The summed E-state index contributed by atoms with van der Waals surface area (Å²) in [6.45, 7) is 13.9. The Morgan fingerprint density at radius 3 is 1.39 bits per heavy atom. The van der Waals surface area contributed by atoms with Gasteiger partial charge in [-0.25, -0.2) is 0 Å². The molecule has 2 heteroatoms. The van der Waals surface area contributed by atoms with Crippen LogP contribution in [-0.2, 0) is 12.8 Å². The number of hydrogen-bond acceptors (Lipinski definition) is 1. The summed E-state index contributed by atoms with van der Waals surface area (Å²) in [7, 11) is 2.42. The molecule has 0 heterocycles. The second kappa shape index (κ2) is 19.0. The lowest BCUT2D eigenvalue weighted by Gasteiger charge is -1.94. The van der Waals surface area contributed by atoms with Crippen LogP contribution >= 0.6 is 9.24 Å². The molecule has 0 spiro atoms. The minimum atomic E-state index is 0.373. The fourth-order valence-electron chi connectivity index (χ4n) is 1.59. The van der Waals surface area contributed by atoms with E-state index >= 15 is 0 Å². The minimum absolute atomic E-state index is 0.373. The maximum Gasteiger partial charge on any atom is 0.0120 e. The summed E-state index contributed by atoms with van der Waals surface area (Å²) in [4.78, 5) is 0. The van der Waals surface area contributed by atoms with E-state index in [1.807, 2.05) is 48.2 Å². The molecule has 18 heavy (non-hydrogen) atoms. The minimum Gasteiger partial charge on any atom is -0.327 e. The Balaban J connectivity index is -0.000000244. The zero-order valence-corrected chi connectivity index (χ0v) is 14.6. The van der Waals surface area contributed by atoms with Crippen LogP contribution in [0.2, 0.25) is 0 Å². The zero-order valence-electron chi connectivity index (χ0n) is 13.5. The van der Waals surface area contributed by atoms with Crippen molar-refractivity contribution in [3.05, 3.63) is 35.4 Å². The van der Waals surface area contributed by atoms with Crippen molar-refractivity contribution < 1.29 is 0 Å². The van der Waals surface area contributed by atoms with Gasteiger partial charge < -0.3 is 5.73 Å². The molecule has 1 nitrogen and oxygen atoms in total. The maximum absolute atomic E-state index is 5.78. The van der Waals surface area contributed by atoms with Gasteiger partial charge in [0.2, 0.25) is 0 Å². The van der Waals surface area contributed by atoms with Gasteiger partial charge in [0.05, 0.1) is 0 Å². The van der Waals surface area contributed by atoms with Crippen LogP contribution in [0.25, 0.3) is 0 Å². The highest BCUT2D eigenvalue weighted by Crippen LogP contribution is 2.19. The fourth-order valence-corrected chi connectivity index (χ4v) is 1.59. The van der Waals surface area contributed by atoms with E-state index in [2.05, 4.69) is 33.5 Å². The van der Waals surface area contributed by atoms with E-state index in [1.165, 1.54) is 11.1 Å². The van der Waals surface area contributed by atoms with Crippen molar-refractivity contribution in [2.75, 3.05) is 6.66 Å². The zero-order chi connectivity index (χ0) is 15.0. The molecule has 0 aromatic heterocycles. The largest absolute Gasteiger partial charge is 0.327 e. The summed E-state index contributed by atoms with van der Waals surface area (Å²) in [6, 6.07) is 8.87. The second-order valence-corrected chi connectivity index (χ2v) is 2.94. The first-order valence-electron chi connectivity index (χ1n) is 7.26. The van der Waals surface area contributed by atoms with Gasteiger partial charge >= 0.3 is 0 Å². The molecule has 1 atom stereocenters. The molecule has 2 rings (SSSR count). The van der Waals surface area contributed by atoms with E-state index in [4.69, 9.17) is 5.73 Å². The summed E-state index contributed by atoms with van der Waals surface area (Å²) in [5, 5.41) is 0. The Hall–Kier alpha value is -0.390. The summed E-state index contributed by atoms with van der Waals surface area (Å²) in [6.07, 6.45) is 2.13. The lowest BCUT2D eigenvalue weighted by Crippen LogP contribution is -2.18. The average molecular weight is 271 g/mol. The normalized spacial score (nSPS) is 10.9. The highest BCUT2D eigenvalue weighted by Gasteiger charge is 2.15. The van der Waals surface area contributed by atoms with Crippen molar-refractivity contribution in [2.24, 2.45) is 5.73 Å². The molecular formula is C16H34NP. The predicted octanol–water partition coefficient (Wildman–Crippen LogP) is 4.68. The Kier molecular flexibility index (Phi) is 24.0. The van der Waals surface area contributed by atoms with Crippen LogP contribution in [0.15, 0.2) is 24.3 Å². The SMILES string of the molecule is CC.CC.CC.CP.NC1Cc2ccccc2C1. The van der Waals surface area contributed by atoms with Crippen LogP contribution in [-0.4, -0.2) is 12.7 Å². The molecule has 1 aromatic carbocycles. The van der Waals surface area contributed by atoms with Gasteiger partial charge in [0.25, 0.3) is 0 Å². The molecular weight excluding hydrogens is 237 g/mol. The van der Waals surface area contributed by atoms with E-state index < -0.39 is 0 Å². The van der Waals surface area contributed by atoms with Gasteiger partial charge in [-0.2, -0.15) is 0 Å². The average Bonchev–Trinajstić information content (AvgIpc) is 2.87. The van der Waals surface area contributed by atoms with Crippen LogP contribution in [0.4, 0.5) is 0 Å². The molecule has 0 radical (unpaired) electrons. The first-order valence-corrected chi connectivity index (χ1v) is 8.42. The van der Waals surface area contributed by atoms with Gasteiger partial charge in [-0.15, -0.1) is 9.24 Å². The third-order valence-corrected chi connectivity index (χ3v) is 2.08. The van der Waals surface area contributed by atoms with Gasteiger partial charge in [-0.1, -0.05) is 72.5 Å². The molecule has 108 valence electrons. The van der Waals surface area contributed by atoms with Crippen LogP contribution in [0.5, 0.6) is 0 Å². The molecule has 0 saturated heterocycles. The second-order valence-electron chi connectivity index (χ2n) is 2.94. The molecule has 2 N–H and O–H groups in total. The Morgan fingerprint density at radius 2 is 1.11 bits per heavy atom. The summed E-state index contributed by atoms with van der Waals surface area (Å²) >= 11 is 0. The van der Waals surface area contributed by atoms with Gasteiger partial charge in [0, 0.05) is 6.04 Å². The van der Waals surface area contributed by atoms with Crippen molar-refractivity contribution in [3.8, 4) is 0 Å². The standard InChI is InChI=1S/C9H11N.3C2H6.CH5P/c10-9-5-7-3-1-2-4-8(7)6-9;4*1-2/h1-4,9H,5-6,10H2;3*1-2H3;2H2,1H3. The van der Waals surface area contributed by atoms with E-state index in [0.717, 1.165) is 12.8 Å². The van der Waals surface area contributed by atoms with Crippen LogP contribution in [0.3, 0.4) is 0 Å². The summed E-state index contributed by atoms with van der Waals surface area (Å²) < 4.78 is 0. The molecule has 0 amide bonds. The number of benzene rings is 1. The van der Waals surface area contributed by atoms with Gasteiger partial charge in [-0.05, 0) is 24.0 Å². The van der Waals surface area contributed by atoms with E-state index in [1.54, 1.807) is 0 Å². The van der Waals surface area contributed by atoms with Crippen LogP contribution in [0.1, 0.15) is 52.7 Å². The van der Waals surface area contributed by atoms with Crippen LogP contribution < -0.4 is 5.73 Å². The van der Waals surface area contributed by atoms with Gasteiger partial charge in [0.1, 0.15) is 0 Å². The Bertz CT molecular complexity index is 224. The van der Waals surface area contributed by atoms with Crippen molar-refractivity contribution in [1.29, 1.82) is 0 Å². The van der Waals surface area contributed by atoms with Crippen molar-refractivity contribution in [1.82, 2.24) is 0 Å². The third kappa shape index (κ3) is 9.62. The maximum atomic E-state index is 5.78. The molecule has 1 aromatic rings. The molecule has 0 bridgehead atoms. The number of hydrogen-bond donors (Lipinski definition) is 1. The molecule has 0 saturated carbocycles. The van der Waals surface area contributed by atoms with Gasteiger partial charge in [-0.3, -0.25) is 0 Å². The van der Waals surface area contributed by atoms with Crippen molar-refractivity contribution in [2.45, 2.75) is 60.4 Å². The fraction of sp³-hybridized carbons (Fsp3) is 0.625. The van der Waals surface area contributed by atoms with Gasteiger partial charge in [0.15, 0.2) is 0 Å². The van der Waals surface area contributed by atoms with E-state index in [-0.39, 0.29) is 0 Å². The molecule has 0 fully saturated rings. The predicted molar refractivity (Wildman–Crippen MR) is 91.5 cm³/mol. The topological polar surface area (TPSA) is 26.0 Å². The molecule has 1 aliphatic rings. The summed E-state index contributed by atoms with van der Waals surface area (Å²) in [5.41, 5.74) is 8.66. The molecule has 0 aliphatic heterocycles. The monoisotopic (exact) mass is 271 g/mol. The third-order valence-electron chi connectivity index (χ3n) is 2.08. The van der Waals surface area contributed by atoms with Crippen molar-refractivity contribution >= 4 is 9.24 Å². The highest BCUT2D eigenvalue weighted by molar-refractivity contribution is 7.15. The number of fused-ring (bicyclic) bond motifs is 1. The van der Waals surface area contributed by atoms with Crippen LogP contribution in [0, 0.1) is 0 Å². The Labute approximate surface area is 118 Å². The number of rotatable bonds is 0. The smallest absolute Gasteiger partial charge is 0.0120 e. The van der Waals surface area contributed by atoms with E-state index in [9.17, 15) is 0 Å². The molecule has 1 unspecified atom stereocenters. The summed E-state index contributed by atoms with van der Waals surface area (Å²) in [5.74, 6) is 0. The lowest BCUT2D eigenvalue weighted by molar-refractivity contribution is 0.721.